The van der Waals surface area contributed by atoms with Crippen molar-refractivity contribution in [3.05, 3.63) is 23.8 Å². The van der Waals surface area contributed by atoms with Crippen molar-refractivity contribution in [2.24, 2.45) is 11.8 Å². The molecule has 0 aromatic heterocycles. The molecule has 1 aliphatic heterocycles. The van der Waals surface area contributed by atoms with Crippen LogP contribution in [-0.2, 0) is 33.4 Å². The van der Waals surface area contributed by atoms with E-state index in [1.165, 1.54) is 6.92 Å². The number of hydrogen-bond acceptors (Lipinski definition) is 8. The summed E-state index contributed by atoms with van der Waals surface area (Å²) in [4.78, 5) is 49.2. The maximum absolute atomic E-state index is 12.7. The van der Waals surface area contributed by atoms with Crippen LogP contribution in [0.1, 0.15) is 47.5 Å². The average Bonchev–Trinajstić information content (AvgIpc) is 2.88. The number of hydrogen-bond donors (Lipinski definition) is 1. The molecule has 2 aliphatic rings. The van der Waals surface area contributed by atoms with E-state index in [4.69, 9.17) is 14.2 Å². The minimum Gasteiger partial charge on any atom is -0.458 e. The number of aliphatic hydroxyl groups is 1. The minimum atomic E-state index is -2.17. The van der Waals surface area contributed by atoms with E-state index in [-0.39, 0.29) is 18.4 Å². The molecule has 2 rings (SSSR count). The Morgan fingerprint density at radius 3 is 2.48 bits per heavy atom. The van der Waals surface area contributed by atoms with Gasteiger partial charge in [-0.05, 0) is 13.8 Å². The number of esters is 3. The van der Waals surface area contributed by atoms with Crippen LogP contribution in [0.15, 0.2) is 23.8 Å². The summed E-state index contributed by atoms with van der Waals surface area (Å²) in [6.07, 6.45) is -1.81. The van der Waals surface area contributed by atoms with Crippen molar-refractivity contribution in [2.45, 2.75) is 71.4 Å². The first-order chi connectivity index (χ1) is 13.4. The Morgan fingerprint density at radius 2 is 1.93 bits per heavy atom. The van der Waals surface area contributed by atoms with E-state index in [1.54, 1.807) is 26.8 Å². The summed E-state index contributed by atoms with van der Waals surface area (Å²) in [7, 11) is 0. The van der Waals surface area contributed by atoms with Crippen LogP contribution in [0.2, 0.25) is 0 Å². The zero-order valence-corrected chi connectivity index (χ0v) is 17.4. The minimum absolute atomic E-state index is 0.0327. The van der Waals surface area contributed by atoms with Gasteiger partial charge in [0.25, 0.3) is 0 Å². The SMILES string of the molecule is C=C1C(=O)O[C@@H]2C/C(C)=C\CC(=O)C(C)(O)[C@H](OC(C)=O)[C@@H](OC(=O)C(C)C)[C@@H]12. The van der Waals surface area contributed by atoms with Gasteiger partial charge in [0, 0.05) is 25.3 Å². The number of ether oxygens (including phenoxy) is 3. The number of allylic oxidation sites excluding steroid dienone is 1. The lowest BCUT2D eigenvalue weighted by molar-refractivity contribution is -0.198. The van der Waals surface area contributed by atoms with E-state index in [2.05, 4.69) is 6.58 Å². The molecule has 0 saturated carbocycles. The van der Waals surface area contributed by atoms with Crippen LogP contribution in [0.4, 0.5) is 0 Å². The van der Waals surface area contributed by atoms with Crippen molar-refractivity contribution in [2.75, 3.05) is 0 Å². The molecule has 0 aromatic rings. The molecular weight excluding hydrogens is 380 g/mol. The van der Waals surface area contributed by atoms with Crippen LogP contribution in [0.3, 0.4) is 0 Å². The highest BCUT2D eigenvalue weighted by Crippen LogP contribution is 2.40. The number of fused-ring (bicyclic) bond motifs is 1. The standard InChI is InChI=1S/C21H28O8/c1-10(2)19(24)29-17-16-12(4)20(25)28-14(16)9-11(3)7-8-15(23)21(6,26)18(17)27-13(5)22/h7,10,14,16-18,26H,4,8-9H2,1-3,5-6H3/b11-7-/t14-,16+,17+,18-,21?/m1/s1. The first kappa shape index (κ1) is 22.8. The largest absolute Gasteiger partial charge is 0.458 e. The first-order valence-corrected chi connectivity index (χ1v) is 9.55. The second kappa shape index (κ2) is 8.49. The third kappa shape index (κ3) is 4.75. The van der Waals surface area contributed by atoms with E-state index in [1.807, 2.05) is 0 Å². The Bertz CT molecular complexity index is 761. The topological polar surface area (TPSA) is 116 Å². The van der Waals surface area contributed by atoms with Crippen LogP contribution in [0, 0.1) is 11.8 Å². The molecule has 0 radical (unpaired) electrons. The van der Waals surface area contributed by atoms with Gasteiger partial charge in [-0.15, -0.1) is 0 Å². The van der Waals surface area contributed by atoms with Gasteiger partial charge in [0.05, 0.1) is 11.8 Å². The summed E-state index contributed by atoms with van der Waals surface area (Å²) >= 11 is 0. The molecule has 1 fully saturated rings. The van der Waals surface area contributed by atoms with E-state index < -0.39 is 59.4 Å². The highest BCUT2D eigenvalue weighted by molar-refractivity contribution is 5.92. The summed E-state index contributed by atoms with van der Waals surface area (Å²) in [5, 5.41) is 11.1. The van der Waals surface area contributed by atoms with Gasteiger partial charge in [0.1, 0.15) is 6.10 Å². The predicted octanol–water partition coefficient (Wildman–Crippen LogP) is 1.64. The predicted molar refractivity (Wildman–Crippen MR) is 101 cm³/mol. The third-order valence-electron chi connectivity index (χ3n) is 5.27. The molecule has 8 nitrogen and oxygen atoms in total. The average molecular weight is 408 g/mol. The lowest BCUT2D eigenvalue weighted by Crippen LogP contribution is -2.58. The Hall–Kier alpha value is -2.48. The highest BCUT2D eigenvalue weighted by Gasteiger charge is 2.55. The van der Waals surface area contributed by atoms with Gasteiger partial charge in [0.15, 0.2) is 23.6 Å². The Balaban J connectivity index is 2.66. The second-order valence-corrected chi connectivity index (χ2v) is 8.11. The van der Waals surface area contributed by atoms with Crippen molar-refractivity contribution in [3.63, 3.8) is 0 Å². The van der Waals surface area contributed by atoms with Gasteiger partial charge in [-0.1, -0.05) is 32.1 Å². The summed E-state index contributed by atoms with van der Waals surface area (Å²) in [6.45, 7) is 11.1. The van der Waals surface area contributed by atoms with Gasteiger partial charge < -0.3 is 19.3 Å². The van der Waals surface area contributed by atoms with Crippen LogP contribution in [-0.4, -0.2) is 52.7 Å². The molecular formula is C21H28O8. The maximum Gasteiger partial charge on any atom is 0.334 e. The molecule has 1 saturated heterocycles. The maximum atomic E-state index is 12.7. The molecule has 1 N–H and O–H groups in total. The highest BCUT2D eigenvalue weighted by atomic mass is 16.6. The number of carbonyl (C=O) groups excluding carboxylic acids is 4. The van der Waals surface area contributed by atoms with Crippen molar-refractivity contribution in [1.82, 2.24) is 0 Å². The Labute approximate surface area is 169 Å². The van der Waals surface area contributed by atoms with Gasteiger partial charge in [-0.2, -0.15) is 0 Å². The molecule has 1 aliphatic carbocycles. The number of rotatable bonds is 3. The summed E-state index contributed by atoms with van der Waals surface area (Å²) in [5.74, 6) is -4.10. The van der Waals surface area contributed by atoms with Crippen LogP contribution in [0.5, 0.6) is 0 Å². The molecule has 8 heteroatoms. The van der Waals surface area contributed by atoms with Gasteiger partial charge in [-0.3, -0.25) is 14.4 Å². The van der Waals surface area contributed by atoms with Crippen LogP contribution >= 0.6 is 0 Å². The van der Waals surface area contributed by atoms with Crippen molar-refractivity contribution < 1.29 is 38.5 Å². The van der Waals surface area contributed by atoms with E-state index in [0.29, 0.717) is 0 Å². The fourth-order valence-corrected chi connectivity index (χ4v) is 3.53. The zero-order valence-electron chi connectivity index (χ0n) is 17.4. The van der Waals surface area contributed by atoms with E-state index in [9.17, 15) is 24.3 Å². The molecule has 1 heterocycles. The Kier molecular flexibility index (Phi) is 6.67. The second-order valence-electron chi connectivity index (χ2n) is 8.11. The summed E-state index contributed by atoms with van der Waals surface area (Å²) in [6, 6.07) is 0. The molecule has 5 atom stereocenters. The van der Waals surface area contributed by atoms with Crippen molar-refractivity contribution >= 4 is 23.7 Å². The number of ketones is 1. The van der Waals surface area contributed by atoms with Crippen molar-refractivity contribution in [1.29, 1.82) is 0 Å². The lowest BCUT2D eigenvalue weighted by Gasteiger charge is -2.39. The molecule has 0 amide bonds. The van der Waals surface area contributed by atoms with Gasteiger partial charge in [-0.25, -0.2) is 4.79 Å². The smallest absolute Gasteiger partial charge is 0.334 e. The van der Waals surface area contributed by atoms with Crippen molar-refractivity contribution in [3.8, 4) is 0 Å². The molecule has 0 aromatic carbocycles. The zero-order chi connectivity index (χ0) is 22.1. The number of Topliss-reactive ketones (excluding diaryl/α,β-unsaturated/α-hetero) is 1. The molecule has 0 spiro atoms. The Morgan fingerprint density at radius 1 is 1.31 bits per heavy atom. The van der Waals surface area contributed by atoms with E-state index in [0.717, 1.165) is 12.5 Å². The van der Waals surface area contributed by atoms with Crippen LogP contribution < -0.4 is 0 Å². The normalized spacial score (nSPS) is 34.7. The van der Waals surface area contributed by atoms with Crippen LogP contribution in [0.25, 0.3) is 0 Å². The molecule has 0 bridgehead atoms. The summed E-state index contributed by atoms with van der Waals surface area (Å²) in [5.41, 5.74) is -1.37. The van der Waals surface area contributed by atoms with E-state index >= 15 is 0 Å². The molecule has 1 unspecified atom stereocenters. The van der Waals surface area contributed by atoms with Gasteiger partial charge >= 0.3 is 17.9 Å². The fourth-order valence-electron chi connectivity index (χ4n) is 3.53. The van der Waals surface area contributed by atoms with Gasteiger partial charge in [0.2, 0.25) is 0 Å². The lowest BCUT2D eigenvalue weighted by atomic mass is 9.77. The monoisotopic (exact) mass is 408 g/mol. The number of carbonyl (C=O) groups is 4. The quantitative estimate of drug-likeness (QED) is 0.324. The first-order valence-electron chi connectivity index (χ1n) is 9.55. The molecule has 29 heavy (non-hydrogen) atoms. The summed E-state index contributed by atoms with van der Waals surface area (Å²) < 4.78 is 16.3. The molecule has 160 valence electrons. The fraction of sp³-hybridized carbons (Fsp3) is 0.619. The third-order valence-corrected chi connectivity index (χ3v) is 5.27.